The van der Waals surface area contributed by atoms with Crippen LogP contribution >= 0.6 is 0 Å². The predicted octanol–water partition coefficient (Wildman–Crippen LogP) is 3.50. The maximum atomic E-state index is 12.3. The molecule has 3 aromatic rings. The van der Waals surface area contributed by atoms with Crippen molar-refractivity contribution in [3.05, 3.63) is 89.5 Å². The van der Waals surface area contributed by atoms with E-state index in [4.69, 9.17) is 4.74 Å². The lowest BCUT2D eigenvalue weighted by atomic mass is 10.1. The Morgan fingerprint density at radius 2 is 1.63 bits per heavy atom. The van der Waals surface area contributed by atoms with E-state index in [1.165, 1.54) is 25.1 Å². The van der Waals surface area contributed by atoms with Crippen LogP contribution in [0.4, 0.5) is 5.69 Å². The number of aromatic hydroxyl groups is 1. The van der Waals surface area contributed by atoms with Crippen molar-refractivity contribution in [3.63, 3.8) is 0 Å². The third-order valence-corrected chi connectivity index (χ3v) is 4.17. The molecule has 3 N–H and O–H groups in total. The summed E-state index contributed by atoms with van der Waals surface area (Å²) < 4.78 is 4.98. The topological polar surface area (TPSA) is 105 Å². The molecule has 0 aromatic heterocycles. The van der Waals surface area contributed by atoms with Crippen molar-refractivity contribution in [3.8, 4) is 11.5 Å². The van der Waals surface area contributed by atoms with Crippen LogP contribution in [0.25, 0.3) is 0 Å². The Hall–Kier alpha value is -4.13. The van der Waals surface area contributed by atoms with Gasteiger partial charge in [0.05, 0.1) is 5.56 Å². The second-order valence-corrected chi connectivity index (χ2v) is 6.47. The van der Waals surface area contributed by atoms with Crippen molar-refractivity contribution < 1.29 is 24.2 Å². The van der Waals surface area contributed by atoms with Crippen LogP contribution in [0.3, 0.4) is 0 Å². The largest absolute Gasteiger partial charge is 0.507 e. The lowest BCUT2D eigenvalue weighted by Crippen LogP contribution is -2.22. The Morgan fingerprint density at radius 3 is 2.33 bits per heavy atom. The molecule has 0 spiro atoms. The molecule has 0 aliphatic heterocycles. The van der Waals surface area contributed by atoms with Crippen LogP contribution in [0.1, 0.15) is 33.2 Å². The fourth-order valence-corrected chi connectivity index (χ4v) is 2.72. The first-order chi connectivity index (χ1) is 14.4. The number of phenolic OH excluding ortho intramolecular Hbond substituents is 1. The van der Waals surface area contributed by atoms with Crippen molar-refractivity contribution in [2.75, 3.05) is 5.32 Å². The molecule has 0 saturated heterocycles. The minimum atomic E-state index is -0.456. The van der Waals surface area contributed by atoms with Gasteiger partial charge in [0.2, 0.25) is 0 Å². The average Bonchev–Trinajstić information content (AvgIpc) is 2.73. The zero-order chi connectivity index (χ0) is 21.5. The number of esters is 1. The van der Waals surface area contributed by atoms with E-state index in [0.29, 0.717) is 17.0 Å². The van der Waals surface area contributed by atoms with Crippen LogP contribution in [-0.4, -0.2) is 22.9 Å². The summed E-state index contributed by atoms with van der Waals surface area (Å²) in [5.41, 5.74) is 1.96. The number of benzene rings is 3. The highest BCUT2D eigenvalue weighted by atomic mass is 16.5. The Kier molecular flexibility index (Phi) is 6.44. The molecule has 0 aliphatic rings. The molecule has 3 aromatic carbocycles. The summed E-state index contributed by atoms with van der Waals surface area (Å²) >= 11 is 0. The Bertz CT molecular complexity index is 1080. The minimum absolute atomic E-state index is 0.0906. The van der Waals surface area contributed by atoms with Gasteiger partial charge >= 0.3 is 5.97 Å². The molecule has 0 aliphatic carbocycles. The summed E-state index contributed by atoms with van der Waals surface area (Å²) in [4.78, 5) is 35.6. The third kappa shape index (κ3) is 5.45. The highest BCUT2D eigenvalue weighted by molar-refractivity contribution is 6.06. The van der Waals surface area contributed by atoms with Crippen LogP contribution in [0.15, 0.2) is 72.8 Å². The lowest BCUT2D eigenvalue weighted by molar-refractivity contribution is -0.131. The Labute approximate surface area is 173 Å². The number of hydrogen-bond donors (Lipinski definition) is 3. The molecule has 7 nitrogen and oxygen atoms in total. The van der Waals surface area contributed by atoms with E-state index in [1.807, 2.05) is 0 Å². The number of carbonyl (C=O) groups is 3. The number of hydrogen-bond acceptors (Lipinski definition) is 5. The number of ether oxygens (including phenoxy) is 1. The van der Waals surface area contributed by atoms with Gasteiger partial charge in [-0.05, 0) is 48.0 Å². The molecule has 0 saturated carbocycles. The number of nitrogens with one attached hydrogen (secondary N) is 2. The molecule has 7 heteroatoms. The minimum Gasteiger partial charge on any atom is -0.507 e. The summed E-state index contributed by atoms with van der Waals surface area (Å²) in [6.07, 6.45) is 0. The normalized spacial score (nSPS) is 10.2. The summed E-state index contributed by atoms with van der Waals surface area (Å²) in [6, 6.07) is 19.6. The fraction of sp³-hybridized carbons (Fsp3) is 0.0870. The lowest BCUT2D eigenvalue weighted by Gasteiger charge is -2.09. The second-order valence-electron chi connectivity index (χ2n) is 6.47. The predicted molar refractivity (Wildman–Crippen MR) is 111 cm³/mol. The number of phenols is 1. The van der Waals surface area contributed by atoms with Gasteiger partial charge in [-0.3, -0.25) is 14.4 Å². The van der Waals surface area contributed by atoms with Gasteiger partial charge in [0.25, 0.3) is 11.8 Å². The molecule has 3 rings (SSSR count). The monoisotopic (exact) mass is 404 g/mol. The Morgan fingerprint density at radius 1 is 0.900 bits per heavy atom. The van der Waals surface area contributed by atoms with Gasteiger partial charge in [0.15, 0.2) is 0 Å². The SMILES string of the molecule is CC(=O)Oc1cccc(C(=O)NCc2ccc(NC(=O)c3ccccc3O)cc2)c1. The number of amides is 2. The first kappa shape index (κ1) is 20.6. The zero-order valence-corrected chi connectivity index (χ0v) is 16.2. The van der Waals surface area contributed by atoms with Crippen LogP contribution < -0.4 is 15.4 Å². The molecule has 0 unspecified atom stereocenters. The average molecular weight is 404 g/mol. The van der Waals surface area contributed by atoms with Gasteiger partial charge in [0.1, 0.15) is 11.5 Å². The number of anilines is 1. The van der Waals surface area contributed by atoms with E-state index in [2.05, 4.69) is 10.6 Å². The van der Waals surface area contributed by atoms with Crippen molar-refractivity contribution in [1.82, 2.24) is 5.32 Å². The first-order valence-corrected chi connectivity index (χ1v) is 9.17. The molecule has 0 bridgehead atoms. The summed E-state index contributed by atoms with van der Waals surface area (Å²) in [6.45, 7) is 1.58. The first-order valence-electron chi connectivity index (χ1n) is 9.17. The highest BCUT2D eigenvalue weighted by Gasteiger charge is 2.11. The Balaban J connectivity index is 1.57. The summed E-state index contributed by atoms with van der Waals surface area (Å²) in [5, 5.41) is 15.3. The van der Waals surface area contributed by atoms with Crippen LogP contribution in [-0.2, 0) is 11.3 Å². The standard InChI is InChI=1S/C23H20N2O5/c1-15(26)30-19-6-4-5-17(13-19)22(28)24-14-16-9-11-18(12-10-16)25-23(29)20-7-2-3-8-21(20)27/h2-13,27H,14H2,1H3,(H,24,28)(H,25,29). The van der Waals surface area contributed by atoms with Gasteiger partial charge in [0, 0.05) is 24.7 Å². The smallest absolute Gasteiger partial charge is 0.308 e. The molecule has 152 valence electrons. The molecule has 30 heavy (non-hydrogen) atoms. The number of rotatable bonds is 6. The molecule has 0 atom stereocenters. The highest BCUT2D eigenvalue weighted by Crippen LogP contribution is 2.18. The van der Waals surface area contributed by atoms with E-state index in [1.54, 1.807) is 54.6 Å². The molecule has 2 amide bonds. The van der Waals surface area contributed by atoms with E-state index >= 15 is 0 Å². The second kappa shape index (κ2) is 9.38. The van der Waals surface area contributed by atoms with Gasteiger partial charge in [-0.15, -0.1) is 0 Å². The summed E-state index contributed by atoms with van der Waals surface area (Å²) in [7, 11) is 0. The van der Waals surface area contributed by atoms with Gasteiger partial charge < -0.3 is 20.5 Å². The van der Waals surface area contributed by atoms with Gasteiger partial charge in [-0.2, -0.15) is 0 Å². The maximum Gasteiger partial charge on any atom is 0.308 e. The number of carbonyl (C=O) groups excluding carboxylic acids is 3. The van der Waals surface area contributed by atoms with Crippen molar-refractivity contribution in [2.45, 2.75) is 13.5 Å². The van der Waals surface area contributed by atoms with Crippen molar-refractivity contribution in [1.29, 1.82) is 0 Å². The van der Waals surface area contributed by atoms with Gasteiger partial charge in [-0.1, -0.05) is 30.3 Å². The van der Waals surface area contributed by atoms with Gasteiger partial charge in [-0.25, -0.2) is 0 Å². The van der Waals surface area contributed by atoms with Crippen LogP contribution in [0.2, 0.25) is 0 Å². The van der Waals surface area contributed by atoms with Crippen LogP contribution in [0.5, 0.6) is 11.5 Å². The van der Waals surface area contributed by atoms with Crippen LogP contribution in [0, 0.1) is 0 Å². The van der Waals surface area contributed by atoms with E-state index < -0.39 is 11.9 Å². The third-order valence-electron chi connectivity index (χ3n) is 4.17. The zero-order valence-electron chi connectivity index (χ0n) is 16.2. The van der Waals surface area contributed by atoms with E-state index in [-0.39, 0.29) is 23.8 Å². The van der Waals surface area contributed by atoms with Crippen molar-refractivity contribution >= 4 is 23.5 Å². The molecular weight excluding hydrogens is 384 g/mol. The van der Waals surface area contributed by atoms with E-state index in [0.717, 1.165) is 5.56 Å². The summed E-state index contributed by atoms with van der Waals surface area (Å²) in [5.74, 6) is -0.961. The quantitative estimate of drug-likeness (QED) is 0.431. The fourth-order valence-electron chi connectivity index (χ4n) is 2.72. The molecule has 0 fully saturated rings. The number of para-hydroxylation sites is 1. The van der Waals surface area contributed by atoms with E-state index in [9.17, 15) is 19.5 Å². The maximum absolute atomic E-state index is 12.3. The molecule has 0 radical (unpaired) electrons. The molecular formula is C23H20N2O5. The molecule has 0 heterocycles. The van der Waals surface area contributed by atoms with Crippen molar-refractivity contribution in [2.24, 2.45) is 0 Å².